The molecule has 0 radical (unpaired) electrons. The maximum Gasteiger partial charge on any atom is 0.0986 e. The number of thiophene rings is 3. The van der Waals surface area contributed by atoms with E-state index in [4.69, 9.17) is 4.99 Å². The van der Waals surface area contributed by atoms with E-state index in [1.54, 1.807) is 11.3 Å². The molecule has 0 atom stereocenters. The summed E-state index contributed by atoms with van der Waals surface area (Å²) in [5.74, 6) is 0. The first kappa shape index (κ1) is 18.4. The van der Waals surface area contributed by atoms with Crippen LogP contribution in [-0.4, -0.2) is 15.7 Å². The Bertz CT molecular complexity index is 1650. The average molecular weight is 466 g/mol. The van der Waals surface area contributed by atoms with Crippen LogP contribution in [0.2, 0.25) is 0 Å². The zero-order chi connectivity index (χ0) is 21.1. The quantitative estimate of drug-likeness (QED) is 0.249. The smallest absolute Gasteiger partial charge is 0.0986 e. The molecular weight excluding hydrogens is 451 g/mol. The number of hydrogen-bond donors (Lipinski definition) is 0. The lowest BCUT2D eigenvalue weighted by Crippen LogP contribution is -1.97. The van der Waals surface area contributed by atoms with Crippen molar-refractivity contribution in [3.63, 3.8) is 0 Å². The molecule has 0 fully saturated rings. The molecule has 1 aliphatic heterocycles. The maximum atomic E-state index is 5.12. The molecule has 6 heterocycles. The molecule has 0 bridgehead atoms. The van der Waals surface area contributed by atoms with Crippen LogP contribution >= 0.6 is 34.0 Å². The van der Waals surface area contributed by atoms with Gasteiger partial charge in [-0.25, -0.2) is 0 Å². The molecule has 5 aromatic heterocycles. The molecule has 7 rings (SSSR count). The molecule has 0 unspecified atom stereocenters. The van der Waals surface area contributed by atoms with Gasteiger partial charge in [-0.15, -0.1) is 34.0 Å². The molecular formula is C26H15N3S3. The van der Waals surface area contributed by atoms with Crippen LogP contribution in [0.4, 0.5) is 5.69 Å². The summed E-state index contributed by atoms with van der Waals surface area (Å²) in [7, 11) is 0. The van der Waals surface area contributed by atoms with Crippen LogP contribution in [-0.2, 0) is 6.42 Å². The standard InChI is InChI=1S/C26H15N3S3/c1-4-15-17-14-18(29-24(17)16-5-2-12-28-26(16)25(15)27-11-1)19-7-8-22(31-19)23-10-9-21(32-23)20-6-3-13-30-20/h1-13H,14H2. The molecule has 6 aromatic rings. The van der Waals surface area contributed by atoms with Gasteiger partial charge in [0.1, 0.15) is 0 Å². The van der Waals surface area contributed by atoms with Crippen molar-refractivity contribution in [2.24, 2.45) is 4.99 Å². The highest BCUT2D eigenvalue weighted by Gasteiger charge is 2.24. The topological polar surface area (TPSA) is 38.1 Å². The lowest BCUT2D eigenvalue weighted by Gasteiger charge is -2.08. The summed E-state index contributed by atoms with van der Waals surface area (Å²) in [6, 6.07) is 21.4. The van der Waals surface area contributed by atoms with E-state index in [9.17, 15) is 0 Å². The summed E-state index contributed by atoms with van der Waals surface area (Å²) in [6.07, 6.45) is 4.50. The van der Waals surface area contributed by atoms with Crippen molar-refractivity contribution in [3.8, 4) is 19.5 Å². The van der Waals surface area contributed by atoms with Crippen molar-refractivity contribution in [3.05, 3.63) is 88.9 Å². The second-order valence-corrected chi connectivity index (χ2v) is 10.8. The molecule has 152 valence electrons. The van der Waals surface area contributed by atoms with Crippen LogP contribution in [0, 0.1) is 0 Å². The van der Waals surface area contributed by atoms with E-state index < -0.39 is 0 Å². The first-order valence-electron chi connectivity index (χ1n) is 10.3. The van der Waals surface area contributed by atoms with E-state index in [0.29, 0.717) is 0 Å². The summed E-state index contributed by atoms with van der Waals surface area (Å²) >= 11 is 5.47. The van der Waals surface area contributed by atoms with E-state index in [2.05, 4.69) is 63.9 Å². The van der Waals surface area contributed by atoms with Gasteiger partial charge in [0.05, 0.1) is 22.4 Å². The maximum absolute atomic E-state index is 5.12. The number of aromatic nitrogens is 2. The Hall–Kier alpha value is -3.19. The SMILES string of the molecule is c1csc(-c2ccc(-c3ccc(C4=Nc5c(c6cccnc6c6ncccc56)C4)s3)s2)c1. The van der Waals surface area contributed by atoms with Crippen molar-refractivity contribution in [2.45, 2.75) is 6.42 Å². The minimum Gasteiger partial charge on any atom is -0.254 e. The second-order valence-electron chi connectivity index (χ2n) is 7.67. The Morgan fingerprint density at radius 2 is 1.28 bits per heavy atom. The number of benzene rings is 1. The molecule has 0 amide bonds. The van der Waals surface area contributed by atoms with Crippen LogP contribution in [0.5, 0.6) is 0 Å². The molecule has 0 saturated heterocycles. The van der Waals surface area contributed by atoms with E-state index >= 15 is 0 Å². The van der Waals surface area contributed by atoms with Gasteiger partial charge in [0.25, 0.3) is 0 Å². The lowest BCUT2D eigenvalue weighted by atomic mass is 9.99. The third kappa shape index (κ3) is 2.80. The third-order valence-corrected chi connectivity index (χ3v) is 9.28. The fourth-order valence-electron chi connectivity index (χ4n) is 4.35. The number of rotatable bonds is 3. The van der Waals surface area contributed by atoms with Gasteiger partial charge >= 0.3 is 0 Å². The van der Waals surface area contributed by atoms with Crippen molar-refractivity contribution in [1.29, 1.82) is 0 Å². The highest BCUT2D eigenvalue weighted by atomic mass is 32.1. The summed E-state index contributed by atoms with van der Waals surface area (Å²) in [6.45, 7) is 0. The van der Waals surface area contributed by atoms with Gasteiger partial charge in [-0.3, -0.25) is 15.0 Å². The molecule has 0 saturated carbocycles. The van der Waals surface area contributed by atoms with Gasteiger partial charge in [-0.1, -0.05) is 12.1 Å². The van der Waals surface area contributed by atoms with Gasteiger partial charge < -0.3 is 0 Å². The summed E-state index contributed by atoms with van der Waals surface area (Å²) in [5.41, 5.74) is 5.33. The predicted octanol–water partition coefficient (Wildman–Crippen LogP) is 7.98. The second kappa shape index (κ2) is 7.17. The predicted molar refractivity (Wildman–Crippen MR) is 138 cm³/mol. The van der Waals surface area contributed by atoms with Gasteiger partial charge in [0.15, 0.2) is 0 Å². The summed E-state index contributed by atoms with van der Waals surface area (Å²) < 4.78 is 0. The van der Waals surface area contributed by atoms with E-state index in [1.807, 2.05) is 47.2 Å². The first-order valence-corrected chi connectivity index (χ1v) is 12.8. The number of aliphatic imine (C=N–C) groups is 1. The zero-order valence-electron chi connectivity index (χ0n) is 16.8. The molecule has 32 heavy (non-hydrogen) atoms. The number of nitrogens with zero attached hydrogens (tertiary/aromatic N) is 3. The van der Waals surface area contributed by atoms with E-state index in [1.165, 1.54) is 29.9 Å². The van der Waals surface area contributed by atoms with Crippen molar-refractivity contribution in [2.75, 3.05) is 0 Å². The Morgan fingerprint density at radius 3 is 2.03 bits per heavy atom. The minimum atomic E-state index is 0.827. The Balaban J connectivity index is 1.30. The van der Waals surface area contributed by atoms with Crippen molar-refractivity contribution < 1.29 is 0 Å². The summed E-state index contributed by atoms with van der Waals surface area (Å²) in [5, 5.41) is 4.37. The van der Waals surface area contributed by atoms with E-state index in [0.717, 1.165) is 39.6 Å². The zero-order valence-corrected chi connectivity index (χ0v) is 19.2. The van der Waals surface area contributed by atoms with Crippen molar-refractivity contribution in [1.82, 2.24) is 9.97 Å². The first-order chi connectivity index (χ1) is 15.8. The molecule has 1 aliphatic rings. The van der Waals surface area contributed by atoms with E-state index in [-0.39, 0.29) is 0 Å². The van der Waals surface area contributed by atoms with Gasteiger partial charge in [-0.2, -0.15) is 0 Å². The lowest BCUT2D eigenvalue weighted by molar-refractivity contribution is 1.35. The van der Waals surface area contributed by atoms with Crippen LogP contribution in [0.3, 0.4) is 0 Å². The fraction of sp³-hybridized carbons (Fsp3) is 0.0385. The summed E-state index contributed by atoms with van der Waals surface area (Å²) in [4.78, 5) is 20.9. The fourth-order valence-corrected chi connectivity index (χ4v) is 7.27. The van der Waals surface area contributed by atoms with Crippen LogP contribution in [0.1, 0.15) is 10.4 Å². The molecule has 0 N–H and O–H groups in total. The van der Waals surface area contributed by atoms with Gasteiger partial charge in [-0.05, 0) is 59.5 Å². The third-order valence-electron chi connectivity index (χ3n) is 5.80. The van der Waals surface area contributed by atoms with Crippen LogP contribution in [0.15, 0.2) is 83.4 Å². The molecule has 1 aromatic carbocycles. The Kier molecular flexibility index (Phi) is 4.12. The highest BCUT2D eigenvalue weighted by molar-refractivity contribution is 7.26. The molecule has 0 spiro atoms. The minimum absolute atomic E-state index is 0.827. The largest absolute Gasteiger partial charge is 0.254 e. The molecule has 6 heteroatoms. The van der Waals surface area contributed by atoms with Gasteiger partial charge in [0.2, 0.25) is 0 Å². The molecule has 3 nitrogen and oxygen atoms in total. The Labute approximate surface area is 196 Å². The number of pyridine rings is 2. The van der Waals surface area contributed by atoms with Gasteiger partial charge in [0, 0.05) is 54.0 Å². The average Bonchev–Trinajstić information content (AvgIpc) is 3.63. The molecule has 0 aliphatic carbocycles. The number of hydrogen-bond acceptors (Lipinski definition) is 6. The van der Waals surface area contributed by atoms with Crippen LogP contribution < -0.4 is 0 Å². The monoisotopic (exact) mass is 465 g/mol. The van der Waals surface area contributed by atoms with Crippen LogP contribution in [0.25, 0.3) is 41.3 Å². The number of fused-ring (bicyclic) bond motifs is 6. The van der Waals surface area contributed by atoms with Crippen molar-refractivity contribution >= 4 is 67.2 Å². The Morgan fingerprint density at radius 1 is 0.625 bits per heavy atom. The highest BCUT2D eigenvalue weighted by Crippen LogP contribution is 2.43. The normalized spacial score (nSPS) is 13.1.